The van der Waals surface area contributed by atoms with E-state index < -0.39 is 0 Å². The zero-order valence-electron chi connectivity index (χ0n) is 7.42. The molecule has 0 aromatic carbocycles. The molecular weight excluding hydrogens is 184 g/mol. The second kappa shape index (κ2) is 3.99. The van der Waals surface area contributed by atoms with Crippen LogP contribution in [0.5, 0.6) is 0 Å². The topological polar surface area (TPSA) is 53.2 Å². The van der Waals surface area contributed by atoms with Crippen LogP contribution < -0.4 is 0 Å². The fourth-order valence-corrected chi connectivity index (χ4v) is 2.15. The van der Waals surface area contributed by atoms with Crippen molar-refractivity contribution in [1.82, 2.24) is 0 Å². The first kappa shape index (κ1) is 9.66. The molecule has 0 aliphatic heterocycles. The van der Waals surface area contributed by atoms with Gasteiger partial charge in [0.25, 0.3) is 0 Å². The Morgan fingerprint density at radius 3 is 2.77 bits per heavy atom. The molecule has 0 atom stereocenters. The number of hydrogen-bond donors (Lipinski definition) is 0. The third kappa shape index (κ3) is 1.67. The molecule has 0 unspecified atom stereocenters. The first-order valence-corrected chi connectivity index (χ1v) is 4.66. The van der Waals surface area contributed by atoms with Gasteiger partial charge in [-0.25, -0.2) is 4.79 Å². The van der Waals surface area contributed by atoms with Gasteiger partial charge in [-0.15, -0.1) is 11.3 Å². The summed E-state index contributed by atoms with van der Waals surface area (Å²) in [5, 5.41) is 9.28. The molecule has 13 heavy (non-hydrogen) atoms. The number of rotatable bonds is 2. The lowest BCUT2D eigenvalue weighted by Crippen LogP contribution is -1.79. The number of aryl methyl sites for hydroxylation is 1. The average Bonchev–Trinajstić information content (AvgIpc) is 2.43. The molecule has 4 heteroatoms. The van der Waals surface area contributed by atoms with Gasteiger partial charge in [0.15, 0.2) is 0 Å². The third-order valence-electron chi connectivity index (χ3n) is 1.81. The average molecular weight is 192 g/mol. The first-order chi connectivity index (χ1) is 6.24. The summed E-state index contributed by atoms with van der Waals surface area (Å²) in [5.74, 6) is 0. The van der Waals surface area contributed by atoms with Crippen LogP contribution in [-0.4, -0.2) is 6.08 Å². The molecule has 0 saturated carbocycles. The van der Waals surface area contributed by atoms with E-state index in [1.165, 1.54) is 17.4 Å². The highest BCUT2D eigenvalue weighted by Gasteiger charge is 2.12. The van der Waals surface area contributed by atoms with Gasteiger partial charge >= 0.3 is 0 Å². The van der Waals surface area contributed by atoms with Crippen molar-refractivity contribution in [2.45, 2.75) is 20.3 Å². The van der Waals surface area contributed by atoms with Crippen LogP contribution in [-0.2, 0) is 11.2 Å². The monoisotopic (exact) mass is 192 g/mol. The predicted molar refractivity (Wildman–Crippen MR) is 50.9 cm³/mol. The summed E-state index contributed by atoms with van der Waals surface area (Å²) >= 11 is 1.38. The van der Waals surface area contributed by atoms with E-state index in [-0.39, 0.29) is 0 Å². The minimum atomic E-state index is 0.479. The maximum absolute atomic E-state index is 10.1. The number of nitrogens with zero attached hydrogens (tertiary/aromatic N) is 2. The Hall–Kier alpha value is -1.43. The molecule has 0 bridgehead atoms. The van der Waals surface area contributed by atoms with Crippen molar-refractivity contribution in [1.29, 1.82) is 5.26 Å². The zero-order valence-corrected chi connectivity index (χ0v) is 8.23. The molecule has 3 nitrogen and oxygen atoms in total. The van der Waals surface area contributed by atoms with E-state index >= 15 is 0 Å². The van der Waals surface area contributed by atoms with E-state index in [1.807, 2.05) is 19.9 Å². The summed E-state index contributed by atoms with van der Waals surface area (Å²) in [5.41, 5.74) is 1.44. The lowest BCUT2D eigenvalue weighted by molar-refractivity contribution is 0.565. The van der Waals surface area contributed by atoms with Gasteiger partial charge in [0, 0.05) is 4.88 Å². The molecule has 0 spiro atoms. The maximum Gasteiger partial charge on any atom is 0.241 e. The molecule has 0 aliphatic rings. The third-order valence-corrected chi connectivity index (χ3v) is 3.14. The quantitative estimate of drug-likeness (QED) is 0.534. The van der Waals surface area contributed by atoms with Crippen molar-refractivity contribution in [3.8, 4) is 6.07 Å². The van der Waals surface area contributed by atoms with E-state index in [2.05, 4.69) is 4.99 Å². The van der Waals surface area contributed by atoms with E-state index in [0.29, 0.717) is 10.6 Å². The Labute approximate surface area is 80.3 Å². The molecule has 1 aromatic rings. The summed E-state index contributed by atoms with van der Waals surface area (Å²) in [6.07, 6.45) is 2.32. The molecule has 0 fully saturated rings. The SMILES string of the molecule is CCc1sc(N=C=O)c(C#N)c1C. The van der Waals surface area contributed by atoms with E-state index in [9.17, 15) is 4.79 Å². The van der Waals surface area contributed by atoms with Gasteiger partial charge in [0.05, 0.1) is 5.56 Å². The van der Waals surface area contributed by atoms with E-state index in [0.717, 1.165) is 16.9 Å². The summed E-state index contributed by atoms with van der Waals surface area (Å²) in [6, 6.07) is 2.04. The number of hydrogen-bond acceptors (Lipinski definition) is 4. The number of aliphatic imine (C=N–C) groups is 1. The smallest absolute Gasteiger partial charge is 0.211 e. The van der Waals surface area contributed by atoms with Crippen molar-refractivity contribution in [3.63, 3.8) is 0 Å². The van der Waals surface area contributed by atoms with Crippen molar-refractivity contribution >= 4 is 22.4 Å². The Morgan fingerprint density at radius 1 is 1.62 bits per heavy atom. The second-order valence-corrected chi connectivity index (χ2v) is 3.58. The number of isocyanates is 1. The van der Waals surface area contributed by atoms with Crippen LogP contribution in [0.3, 0.4) is 0 Å². The Balaban J connectivity index is 3.37. The van der Waals surface area contributed by atoms with E-state index in [4.69, 9.17) is 5.26 Å². The van der Waals surface area contributed by atoms with Gasteiger partial charge in [0.2, 0.25) is 6.08 Å². The van der Waals surface area contributed by atoms with Gasteiger partial charge in [-0.2, -0.15) is 10.3 Å². The minimum absolute atomic E-state index is 0.479. The van der Waals surface area contributed by atoms with Gasteiger partial charge in [0.1, 0.15) is 11.1 Å². The largest absolute Gasteiger partial charge is 0.241 e. The van der Waals surface area contributed by atoms with Crippen molar-refractivity contribution in [2.24, 2.45) is 4.99 Å². The first-order valence-electron chi connectivity index (χ1n) is 3.84. The van der Waals surface area contributed by atoms with Crippen LogP contribution in [0, 0.1) is 18.3 Å². The Morgan fingerprint density at radius 2 is 2.31 bits per heavy atom. The van der Waals surface area contributed by atoms with Crippen molar-refractivity contribution in [3.05, 3.63) is 16.0 Å². The highest BCUT2D eigenvalue weighted by atomic mass is 32.1. The van der Waals surface area contributed by atoms with Crippen molar-refractivity contribution < 1.29 is 4.79 Å². The summed E-state index contributed by atoms with van der Waals surface area (Å²) in [7, 11) is 0. The van der Waals surface area contributed by atoms with E-state index in [1.54, 1.807) is 0 Å². The second-order valence-electron chi connectivity index (χ2n) is 2.50. The molecule has 1 aromatic heterocycles. The standard InChI is InChI=1S/C9H8N2OS/c1-3-8-6(2)7(4-10)9(13-8)11-5-12/h3H2,1-2H3. The number of nitriles is 1. The highest BCUT2D eigenvalue weighted by molar-refractivity contribution is 7.16. The summed E-state index contributed by atoms with van der Waals surface area (Å²) < 4.78 is 0. The Bertz CT molecular complexity index is 408. The molecule has 0 N–H and O–H groups in total. The fraction of sp³-hybridized carbons (Fsp3) is 0.333. The summed E-state index contributed by atoms with van der Waals surface area (Å²) in [6.45, 7) is 3.88. The van der Waals surface area contributed by atoms with Crippen LogP contribution in [0.2, 0.25) is 0 Å². The lowest BCUT2D eigenvalue weighted by Gasteiger charge is -1.89. The number of carbonyl (C=O) groups excluding carboxylic acids is 1. The maximum atomic E-state index is 10.1. The zero-order chi connectivity index (χ0) is 9.84. The van der Waals surface area contributed by atoms with Crippen LogP contribution in [0.15, 0.2) is 4.99 Å². The van der Waals surface area contributed by atoms with Crippen LogP contribution in [0.1, 0.15) is 22.9 Å². The van der Waals surface area contributed by atoms with Gasteiger partial charge in [-0.3, -0.25) is 0 Å². The molecule has 0 radical (unpaired) electrons. The molecule has 0 amide bonds. The fourth-order valence-electron chi connectivity index (χ4n) is 1.13. The Kier molecular flexibility index (Phi) is 2.97. The van der Waals surface area contributed by atoms with Crippen LogP contribution in [0.25, 0.3) is 0 Å². The normalized spacial score (nSPS) is 9.00. The molecule has 0 aliphatic carbocycles. The molecule has 0 saturated heterocycles. The van der Waals surface area contributed by atoms with Crippen LogP contribution >= 0.6 is 11.3 Å². The minimum Gasteiger partial charge on any atom is -0.211 e. The lowest BCUT2D eigenvalue weighted by atomic mass is 10.1. The molecule has 1 rings (SSSR count). The van der Waals surface area contributed by atoms with Gasteiger partial charge < -0.3 is 0 Å². The predicted octanol–water partition coefficient (Wildman–Crippen LogP) is 2.46. The highest BCUT2D eigenvalue weighted by Crippen LogP contribution is 2.34. The molecular formula is C9H8N2OS. The van der Waals surface area contributed by atoms with Gasteiger partial charge in [-0.1, -0.05) is 6.92 Å². The molecule has 1 heterocycles. The van der Waals surface area contributed by atoms with Gasteiger partial charge in [-0.05, 0) is 18.9 Å². The van der Waals surface area contributed by atoms with Crippen LogP contribution in [0.4, 0.5) is 5.00 Å². The van der Waals surface area contributed by atoms with Crippen molar-refractivity contribution in [2.75, 3.05) is 0 Å². The molecule has 66 valence electrons. The summed E-state index contributed by atoms with van der Waals surface area (Å²) in [4.78, 5) is 14.7. The number of thiophene rings is 1.